The summed E-state index contributed by atoms with van der Waals surface area (Å²) in [6.07, 6.45) is 0. The van der Waals surface area contributed by atoms with E-state index in [4.69, 9.17) is 0 Å². The van der Waals surface area contributed by atoms with Crippen LogP contribution in [0, 0.1) is 0 Å². The monoisotopic (exact) mass is 335 g/mol. The number of hydrogen-bond acceptors (Lipinski definition) is 3. The lowest BCUT2D eigenvalue weighted by Gasteiger charge is -2.18. The third-order valence-electron chi connectivity index (χ3n) is 2.92. The molecular weight excluding hydrogens is 322 g/mol. The number of rotatable bonds is 3. The van der Waals surface area contributed by atoms with Crippen LogP contribution in [-0.4, -0.2) is 28.1 Å². The highest BCUT2D eigenvalue weighted by Crippen LogP contribution is 2.24. The van der Waals surface area contributed by atoms with Crippen molar-refractivity contribution < 1.29 is 15.0 Å². The van der Waals surface area contributed by atoms with Gasteiger partial charge in [0.1, 0.15) is 11.5 Å². The van der Waals surface area contributed by atoms with Gasteiger partial charge in [0.15, 0.2) is 0 Å². The van der Waals surface area contributed by atoms with Gasteiger partial charge in [-0.2, -0.15) is 0 Å². The van der Waals surface area contributed by atoms with Crippen LogP contribution in [-0.2, 0) is 6.54 Å². The molecule has 5 heteroatoms. The first-order valence-corrected chi connectivity index (χ1v) is 6.79. The molecule has 0 spiro atoms. The van der Waals surface area contributed by atoms with Gasteiger partial charge in [-0.3, -0.25) is 4.79 Å². The molecule has 0 aliphatic heterocycles. The summed E-state index contributed by atoms with van der Waals surface area (Å²) in [5.74, 6) is -0.554. The van der Waals surface area contributed by atoms with E-state index in [2.05, 4.69) is 15.9 Å². The van der Waals surface area contributed by atoms with Crippen molar-refractivity contribution in [1.82, 2.24) is 4.90 Å². The normalized spacial score (nSPS) is 10.3. The average Bonchev–Trinajstić information content (AvgIpc) is 2.43. The summed E-state index contributed by atoms with van der Waals surface area (Å²) in [5.41, 5.74) is 1.04. The van der Waals surface area contributed by atoms with Crippen molar-refractivity contribution in [2.45, 2.75) is 6.54 Å². The summed E-state index contributed by atoms with van der Waals surface area (Å²) in [6.45, 7) is 0.398. The minimum absolute atomic E-state index is 0.0551. The summed E-state index contributed by atoms with van der Waals surface area (Å²) in [4.78, 5) is 13.8. The molecule has 2 aromatic rings. The fourth-order valence-corrected chi connectivity index (χ4v) is 2.27. The van der Waals surface area contributed by atoms with Crippen LogP contribution in [0.3, 0.4) is 0 Å². The van der Waals surface area contributed by atoms with E-state index in [0.29, 0.717) is 6.54 Å². The summed E-state index contributed by atoms with van der Waals surface area (Å²) in [5, 5.41) is 19.1. The van der Waals surface area contributed by atoms with Crippen LogP contribution in [0.5, 0.6) is 11.5 Å². The van der Waals surface area contributed by atoms with E-state index in [1.54, 1.807) is 7.05 Å². The predicted octanol–water partition coefficient (Wildman–Crippen LogP) is 3.13. The number of carbonyl (C=O) groups is 1. The third kappa shape index (κ3) is 3.11. The molecule has 2 N–H and O–H groups in total. The van der Waals surface area contributed by atoms with Crippen molar-refractivity contribution in [3.8, 4) is 11.5 Å². The van der Waals surface area contributed by atoms with E-state index in [9.17, 15) is 15.0 Å². The Balaban J connectivity index is 2.21. The summed E-state index contributed by atoms with van der Waals surface area (Å²) in [6, 6.07) is 11.5. The number of hydrogen-bond donors (Lipinski definition) is 2. The van der Waals surface area contributed by atoms with Gasteiger partial charge in [-0.15, -0.1) is 0 Å². The zero-order chi connectivity index (χ0) is 14.7. The Labute approximate surface area is 125 Å². The van der Waals surface area contributed by atoms with Gasteiger partial charge in [-0.05, 0) is 29.8 Å². The van der Waals surface area contributed by atoms with Gasteiger partial charge < -0.3 is 15.1 Å². The van der Waals surface area contributed by atoms with Gasteiger partial charge in [-0.25, -0.2) is 0 Å². The lowest BCUT2D eigenvalue weighted by molar-refractivity contribution is 0.0781. The molecule has 0 aliphatic carbocycles. The van der Waals surface area contributed by atoms with Crippen molar-refractivity contribution in [2.75, 3.05) is 7.05 Å². The van der Waals surface area contributed by atoms with Crippen molar-refractivity contribution >= 4 is 21.8 Å². The summed E-state index contributed by atoms with van der Waals surface area (Å²) in [7, 11) is 1.64. The Morgan fingerprint density at radius 3 is 2.60 bits per heavy atom. The molecule has 0 unspecified atom stereocenters. The molecule has 0 fully saturated rings. The quantitative estimate of drug-likeness (QED) is 0.847. The lowest BCUT2D eigenvalue weighted by atomic mass is 10.1. The number of benzene rings is 2. The van der Waals surface area contributed by atoms with E-state index in [-0.39, 0.29) is 23.0 Å². The van der Waals surface area contributed by atoms with E-state index in [1.807, 2.05) is 24.3 Å². The van der Waals surface area contributed by atoms with E-state index in [1.165, 1.54) is 23.1 Å². The molecule has 1 amide bonds. The smallest absolute Gasteiger partial charge is 0.257 e. The Kier molecular flexibility index (Phi) is 4.29. The van der Waals surface area contributed by atoms with Crippen molar-refractivity contribution in [2.24, 2.45) is 0 Å². The van der Waals surface area contributed by atoms with Crippen molar-refractivity contribution in [3.63, 3.8) is 0 Å². The molecule has 0 saturated heterocycles. The van der Waals surface area contributed by atoms with Gasteiger partial charge in [-0.1, -0.05) is 34.1 Å². The van der Waals surface area contributed by atoms with Crippen LogP contribution in [0.1, 0.15) is 15.9 Å². The SMILES string of the molecule is CN(Cc1ccccc1Br)C(=O)c1cc(O)ccc1O. The third-order valence-corrected chi connectivity index (χ3v) is 3.70. The van der Waals surface area contributed by atoms with E-state index < -0.39 is 0 Å². The lowest BCUT2D eigenvalue weighted by Crippen LogP contribution is -2.26. The first-order valence-electron chi connectivity index (χ1n) is 6.00. The number of phenols is 2. The Hall–Kier alpha value is -2.01. The number of carbonyl (C=O) groups excluding carboxylic acids is 1. The molecule has 4 nitrogen and oxygen atoms in total. The molecule has 0 radical (unpaired) electrons. The average molecular weight is 336 g/mol. The van der Waals surface area contributed by atoms with Crippen LogP contribution in [0.2, 0.25) is 0 Å². The standard InChI is InChI=1S/C15H14BrNO3/c1-17(9-10-4-2-3-5-13(10)16)15(20)12-8-11(18)6-7-14(12)19/h2-8,18-19H,9H2,1H3. The highest BCUT2D eigenvalue weighted by Gasteiger charge is 2.17. The van der Waals surface area contributed by atoms with Crippen LogP contribution >= 0.6 is 15.9 Å². The van der Waals surface area contributed by atoms with E-state index in [0.717, 1.165) is 10.0 Å². The molecule has 2 rings (SSSR count). The van der Waals surface area contributed by atoms with Crippen LogP contribution in [0.15, 0.2) is 46.9 Å². The highest BCUT2D eigenvalue weighted by atomic mass is 79.9. The van der Waals surface area contributed by atoms with Crippen LogP contribution < -0.4 is 0 Å². The molecular formula is C15H14BrNO3. The largest absolute Gasteiger partial charge is 0.508 e. The van der Waals surface area contributed by atoms with Gasteiger partial charge in [0.2, 0.25) is 0 Å². The van der Waals surface area contributed by atoms with Crippen molar-refractivity contribution in [3.05, 3.63) is 58.1 Å². The fourth-order valence-electron chi connectivity index (χ4n) is 1.85. The van der Waals surface area contributed by atoms with Crippen LogP contribution in [0.25, 0.3) is 0 Å². The Bertz CT molecular complexity index is 643. The first kappa shape index (κ1) is 14.4. The highest BCUT2D eigenvalue weighted by molar-refractivity contribution is 9.10. The molecule has 0 heterocycles. The Morgan fingerprint density at radius 1 is 1.20 bits per heavy atom. The molecule has 0 aliphatic rings. The minimum atomic E-state index is -0.353. The van der Waals surface area contributed by atoms with Crippen molar-refractivity contribution in [1.29, 1.82) is 0 Å². The number of aromatic hydroxyl groups is 2. The second-order valence-electron chi connectivity index (χ2n) is 4.45. The second-order valence-corrected chi connectivity index (χ2v) is 5.31. The maximum Gasteiger partial charge on any atom is 0.257 e. The fraction of sp³-hybridized carbons (Fsp3) is 0.133. The zero-order valence-electron chi connectivity index (χ0n) is 10.9. The number of phenolic OH excluding ortho intramolecular Hbond substituents is 2. The van der Waals surface area contributed by atoms with Crippen LogP contribution in [0.4, 0.5) is 0 Å². The molecule has 104 valence electrons. The second kappa shape index (κ2) is 5.96. The number of amides is 1. The van der Waals surface area contributed by atoms with Gasteiger partial charge >= 0.3 is 0 Å². The molecule has 0 bridgehead atoms. The summed E-state index contributed by atoms with van der Waals surface area (Å²) < 4.78 is 0.916. The maximum atomic E-state index is 12.3. The van der Waals surface area contributed by atoms with Gasteiger partial charge in [0, 0.05) is 18.1 Å². The minimum Gasteiger partial charge on any atom is -0.508 e. The van der Waals surface area contributed by atoms with Gasteiger partial charge in [0.25, 0.3) is 5.91 Å². The molecule has 0 aromatic heterocycles. The topological polar surface area (TPSA) is 60.8 Å². The zero-order valence-corrected chi connectivity index (χ0v) is 12.5. The molecule has 0 atom stereocenters. The van der Waals surface area contributed by atoms with E-state index >= 15 is 0 Å². The predicted molar refractivity (Wildman–Crippen MR) is 79.7 cm³/mol. The number of nitrogens with zero attached hydrogens (tertiary/aromatic N) is 1. The Morgan fingerprint density at radius 2 is 1.90 bits per heavy atom. The van der Waals surface area contributed by atoms with Gasteiger partial charge in [0.05, 0.1) is 5.56 Å². The maximum absolute atomic E-state index is 12.3. The molecule has 20 heavy (non-hydrogen) atoms. The summed E-state index contributed by atoms with van der Waals surface area (Å²) >= 11 is 3.43. The first-order chi connectivity index (χ1) is 9.49. The molecule has 0 saturated carbocycles. The number of halogens is 1. The molecule has 2 aromatic carbocycles.